The third-order valence-corrected chi connectivity index (χ3v) is 6.10. The lowest BCUT2D eigenvalue weighted by atomic mass is 10.1. The summed E-state index contributed by atoms with van der Waals surface area (Å²) in [5.74, 6) is 0.689. The third-order valence-electron chi connectivity index (χ3n) is 6.10. The van der Waals surface area contributed by atoms with Gasteiger partial charge in [0.1, 0.15) is 12.6 Å². The van der Waals surface area contributed by atoms with Gasteiger partial charge in [0.05, 0.1) is 19.6 Å². The number of quaternary nitrogens is 1. The van der Waals surface area contributed by atoms with Crippen LogP contribution in [0.1, 0.15) is 38.5 Å². The van der Waals surface area contributed by atoms with E-state index in [1.807, 2.05) is 4.57 Å². The lowest BCUT2D eigenvalue weighted by molar-refractivity contribution is -0.908. The van der Waals surface area contributed by atoms with Crippen molar-refractivity contribution in [2.24, 2.45) is 7.05 Å². The molecule has 0 saturated carbocycles. The molecule has 2 aromatic heterocycles. The van der Waals surface area contributed by atoms with E-state index < -0.39 is 17.4 Å². The van der Waals surface area contributed by atoms with Gasteiger partial charge in [-0.05, 0) is 38.5 Å². The quantitative estimate of drug-likeness (QED) is 0.597. The molecule has 3 N–H and O–H groups in total. The number of fused-ring (bicyclic) bond motifs is 1. The molecule has 0 radical (unpaired) electrons. The second-order valence-electron chi connectivity index (χ2n) is 8.23. The van der Waals surface area contributed by atoms with E-state index in [4.69, 9.17) is 0 Å². The number of aliphatic hydroxyl groups excluding tert-OH is 1. The molecular formula is C19H31N6O3+. The highest BCUT2D eigenvalue weighted by Gasteiger charge is 2.26. The summed E-state index contributed by atoms with van der Waals surface area (Å²) in [7, 11) is 1.62. The number of aryl methyl sites for hydroxylation is 1. The van der Waals surface area contributed by atoms with Crippen LogP contribution in [0.25, 0.3) is 11.2 Å². The fourth-order valence-corrected chi connectivity index (χ4v) is 4.60. The lowest BCUT2D eigenvalue weighted by Gasteiger charge is -2.29. The van der Waals surface area contributed by atoms with Gasteiger partial charge >= 0.3 is 5.69 Å². The van der Waals surface area contributed by atoms with Gasteiger partial charge < -0.3 is 19.5 Å². The Bertz CT molecular complexity index is 934. The first-order valence-electron chi connectivity index (χ1n) is 10.5. The highest BCUT2D eigenvalue weighted by atomic mass is 16.3. The van der Waals surface area contributed by atoms with Crippen molar-refractivity contribution in [3.05, 3.63) is 20.8 Å². The topological polar surface area (TPSA) is 101 Å². The Labute approximate surface area is 163 Å². The lowest BCUT2D eigenvalue weighted by Crippen LogP contribution is -3.13. The Balaban J connectivity index is 1.70. The van der Waals surface area contributed by atoms with E-state index in [0.29, 0.717) is 30.2 Å². The maximum atomic E-state index is 12.6. The van der Waals surface area contributed by atoms with Crippen molar-refractivity contribution in [2.75, 3.05) is 37.6 Å². The largest absolute Gasteiger partial charge is 0.385 e. The van der Waals surface area contributed by atoms with E-state index >= 15 is 0 Å². The van der Waals surface area contributed by atoms with E-state index in [0.717, 1.165) is 39.0 Å². The van der Waals surface area contributed by atoms with Crippen LogP contribution in [-0.2, 0) is 13.6 Å². The molecule has 2 saturated heterocycles. The number of likely N-dealkylation sites (tertiary alicyclic amines) is 1. The molecule has 2 aliphatic heterocycles. The Kier molecular flexibility index (Phi) is 5.54. The number of nitrogens with zero attached hydrogens (tertiary/aromatic N) is 4. The monoisotopic (exact) mass is 391 g/mol. The van der Waals surface area contributed by atoms with Crippen LogP contribution in [0.2, 0.25) is 0 Å². The van der Waals surface area contributed by atoms with Crippen molar-refractivity contribution in [2.45, 2.75) is 51.2 Å². The minimum atomic E-state index is -0.564. The second kappa shape index (κ2) is 8.08. The summed E-state index contributed by atoms with van der Waals surface area (Å²) in [4.78, 5) is 35.3. The van der Waals surface area contributed by atoms with Crippen LogP contribution in [0.4, 0.5) is 5.95 Å². The highest BCUT2D eigenvalue weighted by molar-refractivity contribution is 5.74. The van der Waals surface area contributed by atoms with Gasteiger partial charge in [-0.1, -0.05) is 0 Å². The summed E-state index contributed by atoms with van der Waals surface area (Å²) in [6.45, 7) is 4.92. The fourth-order valence-electron chi connectivity index (χ4n) is 4.60. The Morgan fingerprint density at radius 3 is 2.50 bits per heavy atom. The number of aromatic amines is 1. The predicted octanol–water partition coefficient (Wildman–Crippen LogP) is -1.16. The SMILES string of the molecule is Cn1c(=O)[nH]c(=O)c2c1nc(N1CCCCC1)n2CC(O)C[NH+]1CCCCC1. The summed E-state index contributed by atoms with van der Waals surface area (Å²) in [6, 6.07) is 0. The van der Waals surface area contributed by atoms with Crippen LogP contribution in [0, 0.1) is 0 Å². The number of nitrogens with one attached hydrogen (secondary N) is 2. The maximum absolute atomic E-state index is 12.6. The Morgan fingerprint density at radius 2 is 1.79 bits per heavy atom. The molecule has 2 fully saturated rings. The Morgan fingerprint density at radius 1 is 1.11 bits per heavy atom. The van der Waals surface area contributed by atoms with Gasteiger partial charge in [-0.2, -0.15) is 4.98 Å². The van der Waals surface area contributed by atoms with Gasteiger partial charge in [-0.15, -0.1) is 0 Å². The molecule has 1 unspecified atom stereocenters. The van der Waals surface area contributed by atoms with Gasteiger partial charge in [-0.25, -0.2) is 4.79 Å². The molecule has 2 aromatic rings. The first kappa shape index (κ1) is 19.2. The fraction of sp³-hybridized carbons (Fsp3) is 0.737. The number of piperidine rings is 2. The molecule has 0 amide bonds. The number of aromatic nitrogens is 4. The molecule has 0 aliphatic carbocycles. The van der Waals surface area contributed by atoms with Crippen LogP contribution in [0.3, 0.4) is 0 Å². The summed E-state index contributed by atoms with van der Waals surface area (Å²) in [6.07, 6.45) is 6.47. The minimum Gasteiger partial charge on any atom is -0.385 e. The summed E-state index contributed by atoms with van der Waals surface area (Å²) in [5.41, 5.74) is -0.153. The zero-order chi connectivity index (χ0) is 19.7. The first-order valence-corrected chi connectivity index (χ1v) is 10.5. The molecule has 9 heteroatoms. The standard InChI is InChI=1S/C19H30N6O3/c1-22-16-15(17(27)21-19(22)28)25(18(20-16)24-10-6-3-7-11-24)13-14(26)12-23-8-4-2-5-9-23/h14,26H,2-13H2,1H3,(H,21,27,28)/p+1. The number of aliphatic hydroxyl groups is 1. The minimum absolute atomic E-state index is 0.313. The van der Waals surface area contributed by atoms with Gasteiger partial charge in [0, 0.05) is 20.1 Å². The van der Waals surface area contributed by atoms with Crippen LogP contribution in [0.15, 0.2) is 9.59 Å². The molecule has 154 valence electrons. The zero-order valence-electron chi connectivity index (χ0n) is 16.6. The van der Waals surface area contributed by atoms with Gasteiger partial charge in [0.2, 0.25) is 5.95 Å². The molecule has 1 atom stereocenters. The van der Waals surface area contributed by atoms with E-state index in [1.54, 1.807) is 7.05 Å². The maximum Gasteiger partial charge on any atom is 0.329 e. The molecule has 28 heavy (non-hydrogen) atoms. The number of hydrogen-bond acceptors (Lipinski definition) is 5. The zero-order valence-corrected chi connectivity index (χ0v) is 16.6. The van der Waals surface area contributed by atoms with Crippen molar-refractivity contribution < 1.29 is 10.0 Å². The molecule has 0 aromatic carbocycles. The van der Waals surface area contributed by atoms with Gasteiger partial charge in [0.15, 0.2) is 11.2 Å². The van der Waals surface area contributed by atoms with Crippen molar-refractivity contribution in [3.63, 3.8) is 0 Å². The second-order valence-corrected chi connectivity index (χ2v) is 8.23. The van der Waals surface area contributed by atoms with E-state index in [-0.39, 0.29) is 0 Å². The van der Waals surface area contributed by atoms with Crippen LogP contribution < -0.4 is 21.0 Å². The summed E-state index contributed by atoms with van der Waals surface area (Å²) < 4.78 is 3.20. The number of H-pyrrole nitrogens is 1. The molecular weight excluding hydrogens is 360 g/mol. The van der Waals surface area contributed by atoms with E-state index in [9.17, 15) is 14.7 Å². The highest BCUT2D eigenvalue weighted by Crippen LogP contribution is 2.23. The first-order chi connectivity index (χ1) is 13.5. The van der Waals surface area contributed by atoms with Crippen molar-refractivity contribution >= 4 is 17.1 Å². The van der Waals surface area contributed by atoms with Crippen molar-refractivity contribution in [1.82, 2.24) is 19.1 Å². The van der Waals surface area contributed by atoms with E-state index in [1.165, 1.54) is 35.2 Å². The molecule has 0 bridgehead atoms. The smallest absolute Gasteiger partial charge is 0.329 e. The number of rotatable bonds is 5. The number of anilines is 1. The van der Waals surface area contributed by atoms with Gasteiger partial charge in [0.25, 0.3) is 5.56 Å². The van der Waals surface area contributed by atoms with Crippen LogP contribution in [0.5, 0.6) is 0 Å². The van der Waals surface area contributed by atoms with Gasteiger partial charge in [-0.3, -0.25) is 14.3 Å². The van der Waals surface area contributed by atoms with Crippen LogP contribution >= 0.6 is 0 Å². The van der Waals surface area contributed by atoms with Crippen molar-refractivity contribution in [3.8, 4) is 0 Å². The normalized spacial score (nSPS) is 20.0. The van der Waals surface area contributed by atoms with E-state index in [2.05, 4.69) is 14.9 Å². The van der Waals surface area contributed by atoms with Crippen molar-refractivity contribution in [1.29, 1.82) is 0 Å². The molecule has 2 aliphatic rings. The molecule has 9 nitrogen and oxygen atoms in total. The molecule has 0 spiro atoms. The Hall–Kier alpha value is -2.13. The average Bonchev–Trinajstić information content (AvgIpc) is 3.07. The number of imidazole rings is 1. The third kappa shape index (κ3) is 3.73. The summed E-state index contributed by atoms with van der Waals surface area (Å²) in [5, 5.41) is 10.8. The molecule has 4 heterocycles. The molecule has 4 rings (SSSR count). The predicted molar refractivity (Wildman–Crippen MR) is 107 cm³/mol. The number of hydrogen-bond donors (Lipinski definition) is 3. The average molecular weight is 391 g/mol. The summed E-state index contributed by atoms with van der Waals surface area (Å²) >= 11 is 0. The van der Waals surface area contributed by atoms with Crippen LogP contribution in [-0.4, -0.2) is 63.0 Å².